The van der Waals surface area contributed by atoms with Crippen LogP contribution in [0.15, 0.2) is 24.3 Å². The van der Waals surface area contributed by atoms with Gasteiger partial charge in [0.2, 0.25) is 3.79 Å². The van der Waals surface area contributed by atoms with Crippen molar-refractivity contribution in [1.29, 1.82) is 0 Å². The van der Waals surface area contributed by atoms with E-state index in [1.807, 2.05) is 0 Å². The van der Waals surface area contributed by atoms with Gasteiger partial charge >= 0.3 is 12.1 Å². The van der Waals surface area contributed by atoms with Gasteiger partial charge in [0.25, 0.3) is 0 Å². The number of ether oxygens (including phenoxy) is 2. The van der Waals surface area contributed by atoms with Crippen LogP contribution in [-0.2, 0) is 20.7 Å². The maximum Gasteiger partial charge on any atom is 0.408 e. The first-order valence-corrected chi connectivity index (χ1v) is 7.55. The number of hydrogen-bond donors (Lipinski definition) is 1. The Bertz CT molecular complexity index is 516. The molecular weight excluding hydrogens is 376 g/mol. The number of esters is 1. The summed E-state index contributed by atoms with van der Waals surface area (Å²) in [6.07, 6.45) is -0.692. The molecule has 1 atom stereocenters. The summed E-state index contributed by atoms with van der Waals surface area (Å²) in [7, 11) is 1.21. The van der Waals surface area contributed by atoms with Crippen LogP contribution in [0.4, 0.5) is 4.79 Å². The van der Waals surface area contributed by atoms with Gasteiger partial charge in [-0.25, -0.2) is 9.59 Å². The van der Waals surface area contributed by atoms with E-state index in [1.165, 1.54) is 7.11 Å². The fourth-order valence-corrected chi connectivity index (χ4v) is 1.81. The van der Waals surface area contributed by atoms with Gasteiger partial charge in [-0.15, -0.1) is 0 Å². The number of alkyl carbamates (subject to hydrolysis) is 1. The van der Waals surface area contributed by atoms with Crippen LogP contribution < -0.4 is 5.32 Å². The first kappa shape index (κ1) is 19.2. The van der Waals surface area contributed by atoms with Crippen molar-refractivity contribution in [2.45, 2.75) is 16.3 Å². The Morgan fingerprint density at radius 1 is 1.23 bits per heavy atom. The van der Waals surface area contributed by atoms with Crippen molar-refractivity contribution < 1.29 is 19.1 Å². The first-order valence-electron chi connectivity index (χ1n) is 6.03. The van der Waals surface area contributed by atoms with Crippen LogP contribution in [0.5, 0.6) is 0 Å². The summed E-state index contributed by atoms with van der Waals surface area (Å²) in [5, 5.41) is 2.92. The largest absolute Gasteiger partial charge is 0.467 e. The molecular formula is C13H13Cl4NO4. The molecule has 0 radical (unpaired) electrons. The van der Waals surface area contributed by atoms with E-state index in [1.54, 1.807) is 24.3 Å². The zero-order valence-electron chi connectivity index (χ0n) is 11.4. The first-order chi connectivity index (χ1) is 10.2. The monoisotopic (exact) mass is 387 g/mol. The van der Waals surface area contributed by atoms with Crippen LogP contribution in [-0.4, -0.2) is 35.6 Å². The van der Waals surface area contributed by atoms with Gasteiger partial charge in [0.15, 0.2) is 0 Å². The number of methoxy groups -OCH3 is 1. The Morgan fingerprint density at radius 3 is 2.32 bits per heavy atom. The van der Waals surface area contributed by atoms with Gasteiger partial charge in [0.1, 0.15) is 12.6 Å². The standard InChI is InChI=1S/C13H13Cl4NO4/c1-21-11(19)10(6-8-2-4-9(14)5-3-8)18-12(20)22-7-13(15,16)17/h2-5,10H,6-7H2,1H3,(H,18,20). The number of hydrogen-bond acceptors (Lipinski definition) is 4. The average Bonchev–Trinajstić information content (AvgIpc) is 2.45. The lowest BCUT2D eigenvalue weighted by molar-refractivity contribution is -0.142. The highest BCUT2D eigenvalue weighted by Crippen LogP contribution is 2.25. The molecule has 0 heterocycles. The van der Waals surface area contributed by atoms with Gasteiger partial charge in [-0.3, -0.25) is 0 Å². The van der Waals surface area contributed by atoms with Crippen LogP contribution in [0.3, 0.4) is 0 Å². The summed E-state index contributed by atoms with van der Waals surface area (Å²) in [5.74, 6) is -0.624. The molecule has 0 aliphatic rings. The maximum atomic E-state index is 11.7. The van der Waals surface area contributed by atoms with Crippen LogP contribution >= 0.6 is 46.4 Å². The predicted molar refractivity (Wildman–Crippen MR) is 85.7 cm³/mol. The number of rotatable bonds is 5. The van der Waals surface area contributed by atoms with Crippen molar-refractivity contribution in [2.75, 3.05) is 13.7 Å². The molecule has 1 amide bonds. The zero-order valence-corrected chi connectivity index (χ0v) is 14.5. The van der Waals surface area contributed by atoms with E-state index in [-0.39, 0.29) is 6.42 Å². The molecule has 0 aromatic heterocycles. The normalized spacial score (nSPS) is 12.4. The molecule has 0 fully saturated rings. The van der Waals surface area contributed by atoms with Gasteiger partial charge in [-0.05, 0) is 17.7 Å². The second-order valence-electron chi connectivity index (χ2n) is 4.24. The van der Waals surface area contributed by atoms with E-state index < -0.39 is 28.5 Å². The van der Waals surface area contributed by atoms with E-state index >= 15 is 0 Å². The third-order valence-electron chi connectivity index (χ3n) is 2.50. The number of benzene rings is 1. The number of nitrogens with one attached hydrogen (secondary N) is 1. The predicted octanol–water partition coefficient (Wildman–Crippen LogP) is 3.52. The van der Waals surface area contributed by atoms with E-state index in [4.69, 9.17) is 51.1 Å². The molecule has 9 heteroatoms. The van der Waals surface area contributed by atoms with Gasteiger partial charge in [0, 0.05) is 11.4 Å². The third-order valence-corrected chi connectivity index (χ3v) is 3.08. The highest BCUT2D eigenvalue weighted by Gasteiger charge is 2.26. The fraction of sp³-hybridized carbons (Fsp3) is 0.385. The van der Waals surface area contributed by atoms with Crippen LogP contribution in [0.2, 0.25) is 5.02 Å². The fourth-order valence-electron chi connectivity index (χ4n) is 1.52. The van der Waals surface area contributed by atoms with Crippen molar-refractivity contribution in [3.63, 3.8) is 0 Å². The summed E-state index contributed by atoms with van der Waals surface area (Å²) in [6, 6.07) is 5.87. The van der Waals surface area contributed by atoms with Crippen LogP contribution in [0.25, 0.3) is 0 Å². The smallest absolute Gasteiger partial charge is 0.408 e. The summed E-state index contributed by atoms with van der Waals surface area (Å²) in [4.78, 5) is 23.3. The molecule has 1 aromatic carbocycles. The summed E-state index contributed by atoms with van der Waals surface area (Å²) in [6.45, 7) is -0.446. The molecule has 122 valence electrons. The topological polar surface area (TPSA) is 64.6 Å². The minimum absolute atomic E-state index is 0.201. The Kier molecular flexibility index (Phi) is 7.56. The quantitative estimate of drug-likeness (QED) is 0.619. The molecule has 1 N–H and O–H groups in total. The molecule has 0 saturated carbocycles. The third kappa shape index (κ3) is 7.40. The molecule has 1 unspecified atom stereocenters. The van der Waals surface area contributed by atoms with E-state index in [9.17, 15) is 9.59 Å². The summed E-state index contributed by atoms with van der Waals surface area (Å²) < 4.78 is 7.63. The molecule has 0 saturated heterocycles. The molecule has 1 rings (SSSR count). The van der Waals surface area contributed by atoms with Crippen molar-refractivity contribution in [3.05, 3.63) is 34.9 Å². The number of amides is 1. The molecule has 22 heavy (non-hydrogen) atoms. The maximum absolute atomic E-state index is 11.7. The Balaban J connectivity index is 2.66. The lowest BCUT2D eigenvalue weighted by atomic mass is 10.1. The highest BCUT2D eigenvalue weighted by molar-refractivity contribution is 6.67. The van der Waals surface area contributed by atoms with Gasteiger partial charge in [0.05, 0.1) is 7.11 Å². The molecule has 0 spiro atoms. The second-order valence-corrected chi connectivity index (χ2v) is 7.19. The van der Waals surface area contributed by atoms with Gasteiger partial charge < -0.3 is 14.8 Å². The average molecular weight is 389 g/mol. The minimum atomic E-state index is -1.73. The molecule has 0 aliphatic carbocycles. The highest BCUT2D eigenvalue weighted by atomic mass is 35.6. The molecule has 5 nitrogen and oxygen atoms in total. The number of halogens is 4. The summed E-state index contributed by atoms with van der Waals surface area (Å²) in [5.41, 5.74) is 0.779. The van der Waals surface area contributed by atoms with Crippen molar-refractivity contribution in [1.82, 2.24) is 5.32 Å². The zero-order chi connectivity index (χ0) is 16.8. The molecule has 1 aromatic rings. The number of alkyl halides is 3. The lowest BCUT2D eigenvalue weighted by Crippen LogP contribution is -2.43. The Labute approximate surface area is 147 Å². The SMILES string of the molecule is COC(=O)C(Cc1ccc(Cl)cc1)NC(=O)OCC(Cl)(Cl)Cl. The lowest BCUT2D eigenvalue weighted by Gasteiger charge is -2.18. The number of carbonyl (C=O) groups excluding carboxylic acids is 2. The molecule has 0 aliphatic heterocycles. The van der Waals surface area contributed by atoms with E-state index in [0.717, 1.165) is 5.56 Å². The molecule has 0 bridgehead atoms. The minimum Gasteiger partial charge on any atom is -0.467 e. The Morgan fingerprint density at radius 2 is 1.82 bits per heavy atom. The van der Waals surface area contributed by atoms with Crippen molar-refractivity contribution in [2.24, 2.45) is 0 Å². The van der Waals surface area contributed by atoms with Crippen LogP contribution in [0.1, 0.15) is 5.56 Å². The van der Waals surface area contributed by atoms with Gasteiger partial charge in [-0.1, -0.05) is 58.5 Å². The van der Waals surface area contributed by atoms with Gasteiger partial charge in [-0.2, -0.15) is 0 Å². The Hall–Kier alpha value is -0.880. The van der Waals surface area contributed by atoms with E-state index in [2.05, 4.69) is 10.1 Å². The second kappa shape index (κ2) is 8.67. The van der Waals surface area contributed by atoms with Crippen molar-refractivity contribution in [3.8, 4) is 0 Å². The van der Waals surface area contributed by atoms with E-state index in [0.29, 0.717) is 5.02 Å². The van der Waals surface area contributed by atoms with Crippen molar-refractivity contribution >= 4 is 58.5 Å². The number of carbonyl (C=O) groups is 2. The van der Waals surface area contributed by atoms with Crippen LogP contribution in [0, 0.1) is 0 Å². The summed E-state index contributed by atoms with van der Waals surface area (Å²) >= 11 is 22.2.